The average Bonchev–Trinajstić information content (AvgIpc) is 3.14. The van der Waals surface area contributed by atoms with Crippen molar-refractivity contribution < 1.29 is 12.9 Å². The van der Waals surface area contributed by atoms with Crippen LogP contribution in [-0.2, 0) is 16.6 Å². The molecule has 2 aromatic rings. The summed E-state index contributed by atoms with van der Waals surface area (Å²) in [6.45, 7) is 6.98. The zero-order valence-corrected chi connectivity index (χ0v) is 14.4. The molecule has 0 saturated carbocycles. The van der Waals surface area contributed by atoms with Crippen LogP contribution in [0.5, 0.6) is 0 Å². The van der Waals surface area contributed by atoms with Gasteiger partial charge in [-0.25, -0.2) is 8.42 Å². The van der Waals surface area contributed by atoms with Gasteiger partial charge in [-0.05, 0) is 33.6 Å². The van der Waals surface area contributed by atoms with Crippen LogP contribution in [0.4, 0.5) is 0 Å². The van der Waals surface area contributed by atoms with Gasteiger partial charge in [0.1, 0.15) is 22.7 Å². The van der Waals surface area contributed by atoms with Crippen LogP contribution in [0.15, 0.2) is 15.7 Å². The zero-order chi connectivity index (χ0) is 16.6. The van der Waals surface area contributed by atoms with E-state index in [0.717, 1.165) is 25.2 Å². The van der Waals surface area contributed by atoms with Crippen molar-refractivity contribution in [2.75, 3.05) is 13.1 Å². The van der Waals surface area contributed by atoms with E-state index in [0.29, 0.717) is 24.5 Å². The summed E-state index contributed by atoms with van der Waals surface area (Å²) in [6.07, 6.45) is 3.40. The fraction of sp³-hybridized carbons (Fsp3) is 0.643. The number of nitrogens with zero attached hydrogens (tertiary/aromatic N) is 5. The van der Waals surface area contributed by atoms with Gasteiger partial charge in [0.05, 0.1) is 0 Å². The number of aryl methyl sites for hydroxylation is 3. The summed E-state index contributed by atoms with van der Waals surface area (Å²) in [4.78, 5) is 0.190. The second-order valence-electron chi connectivity index (χ2n) is 5.83. The first-order valence-corrected chi connectivity index (χ1v) is 9.19. The third-order valence-corrected chi connectivity index (χ3v) is 6.41. The summed E-state index contributed by atoms with van der Waals surface area (Å²) >= 11 is 0. The molecule has 0 N–H and O–H groups in total. The molecule has 0 bridgehead atoms. The molecule has 9 heteroatoms. The van der Waals surface area contributed by atoms with Gasteiger partial charge in [-0.2, -0.15) is 4.31 Å². The van der Waals surface area contributed by atoms with E-state index < -0.39 is 10.0 Å². The molecule has 1 atom stereocenters. The molecule has 0 aliphatic carbocycles. The van der Waals surface area contributed by atoms with Crippen molar-refractivity contribution in [2.45, 2.75) is 51.0 Å². The quantitative estimate of drug-likeness (QED) is 0.837. The van der Waals surface area contributed by atoms with Crippen molar-refractivity contribution in [2.24, 2.45) is 0 Å². The molecule has 0 radical (unpaired) electrons. The van der Waals surface area contributed by atoms with Crippen LogP contribution in [0.1, 0.15) is 43.0 Å². The second kappa shape index (κ2) is 6.04. The van der Waals surface area contributed by atoms with Crippen molar-refractivity contribution in [3.63, 3.8) is 0 Å². The van der Waals surface area contributed by atoms with E-state index in [4.69, 9.17) is 4.52 Å². The maximum Gasteiger partial charge on any atom is 0.248 e. The lowest BCUT2D eigenvalue weighted by molar-refractivity contribution is 0.304. The van der Waals surface area contributed by atoms with Gasteiger partial charge in [-0.1, -0.05) is 5.16 Å². The molecular weight excluding hydrogens is 318 g/mol. The predicted octanol–water partition coefficient (Wildman–Crippen LogP) is 1.47. The van der Waals surface area contributed by atoms with Gasteiger partial charge in [0.2, 0.25) is 10.0 Å². The van der Waals surface area contributed by atoms with E-state index in [2.05, 4.69) is 15.4 Å². The molecule has 0 aromatic carbocycles. The Morgan fingerprint density at radius 2 is 2.17 bits per heavy atom. The minimum Gasteiger partial charge on any atom is -0.360 e. The SMILES string of the molecule is CCn1cnnc1C1CCCN(S(=O)(=O)c2c(C)noc2C)C1. The summed E-state index contributed by atoms with van der Waals surface area (Å²) in [7, 11) is -3.60. The monoisotopic (exact) mass is 339 g/mol. The smallest absolute Gasteiger partial charge is 0.248 e. The Hall–Kier alpha value is -1.74. The summed E-state index contributed by atoms with van der Waals surface area (Å²) in [5.74, 6) is 1.24. The highest BCUT2D eigenvalue weighted by atomic mass is 32.2. The van der Waals surface area contributed by atoms with Gasteiger partial charge in [-0.15, -0.1) is 10.2 Å². The molecular formula is C14H21N5O3S. The minimum atomic E-state index is -3.60. The number of piperidine rings is 1. The van der Waals surface area contributed by atoms with Crippen LogP contribution in [0.25, 0.3) is 0 Å². The van der Waals surface area contributed by atoms with Crippen LogP contribution in [0.2, 0.25) is 0 Å². The molecule has 2 aromatic heterocycles. The Balaban J connectivity index is 1.89. The Labute approximate surface area is 135 Å². The highest BCUT2D eigenvalue weighted by Crippen LogP contribution is 2.31. The van der Waals surface area contributed by atoms with E-state index in [1.807, 2.05) is 11.5 Å². The van der Waals surface area contributed by atoms with Crippen molar-refractivity contribution in [3.05, 3.63) is 23.6 Å². The van der Waals surface area contributed by atoms with Crippen molar-refractivity contribution in [3.8, 4) is 0 Å². The maximum atomic E-state index is 12.9. The summed E-state index contributed by atoms with van der Waals surface area (Å²) in [5.41, 5.74) is 0.404. The minimum absolute atomic E-state index is 0.0569. The fourth-order valence-electron chi connectivity index (χ4n) is 3.17. The number of hydrogen-bond donors (Lipinski definition) is 0. The summed E-state index contributed by atoms with van der Waals surface area (Å²) in [6, 6.07) is 0. The largest absolute Gasteiger partial charge is 0.360 e. The molecule has 1 aliphatic rings. The average molecular weight is 339 g/mol. The number of hydrogen-bond acceptors (Lipinski definition) is 6. The van der Waals surface area contributed by atoms with Gasteiger partial charge in [0, 0.05) is 25.6 Å². The standard InChI is InChI=1S/C14H21N5O3S/c1-4-18-9-15-16-14(18)12-6-5-7-19(8-12)23(20,21)13-10(2)17-22-11(13)3/h9,12H,4-8H2,1-3H3. The molecule has 3 rings (SSSR count). The van der Waals surface area contributed by atoms with Crippen molar-refractivity contribution >= 4 is 10.0 Å². The van der Waals surface area contributed by atoms with Crippen molar-refractivity contribution in [1.29, 1.82) is 0 Å². The number of rotatable bonds is 4. The molecule has 23 heavy (non-hydrogen) atoms. The van der Waals surface area contributed by atoms with Crippen LogP contribution < -0.4 is 0 Å². The zero-order valence-electron chi connectivity index (χ0n) is 13.6. The normalized spacial score (nSPS) is 20.0. The van der Waals surface area contributed by atoms with Crippen molar-refractivity contribution in [1.82, 2.24) is 24.2 Å². The summed E-state index contributed by atoms with van der Waals surface area (Å²) in [5, 5.41) is 11.9. The highest BCUT2D eigenvalue weighted by Gasteiger charge is 2.36. The van der Waals surface area contributed by atoms with Gasteiger partial charge in [0.15, 0.2) is 5.76 Å². The summed E-state index contributed by atoms with van der Waals surface area (Å²) < 4.78 is 34.4. The predicted molar refractivity (Wildman–Crippen MR) is 82.4 cm³/mol. The van der Waals surface area contributed by atoms with E-state index in [1.165, 1.54) is 4.31 Å². The fourth-order valence-corrected chi connectivity index (χ4v) is 4.98. The first kappa shape index (κ1) is 16.1. The van der Waals surface area contributed by atoms with E-state index >= 15 is 0 Å². The molecule has 3 heterocycles. The Kier molecular flexibility index (Phi) is 4.24. The molecule has 8 nitrogen and oxygen atoms in total. The van der Waals surface area contributed by atoms with Gasteiger partial charge >= 0.3 is 0 Å². The van der Waals surface area contributed by atoms with Gasteiger partial charge < -0.3 is 9.09 Å². The molecule has 126 valence electrons. The van der Waals surface area contributed by atoms with E-state index in [1.54, 1.807) is 20.2 Å². The first-order chi connectivity index (χ1) is 10.9. The maximum absolute atomic E-state index is 12.9. The lowest BCUT2D eigenvalue weighted by Gasteiger charge is -2.31. The molecule has 0 spiro atoms. The second-order valence-corrected chi connectivity index (χ2v) is 7.71. The topological polar surface area (TPSA) is 94.1 Å². The van der Waals surface area contributed by atoms with Gasteiger partial charge in [-0.3, -0.25) is 0 Å². The molecule has 1 unspecified atom stereocenters. The molecule has 0 amide bonds. The van der Waals surface area contributed by atoms with Crippen LogP contribution in [-0.4, -0.2) is 45.7 Å². The Bertz CT molecular complexity index is 776. The number of aromatic nitrogens is 4. The molecule has 1 saturated heterocycles. The third-order valence-electron chi connectivity index (χ3n) is 4.30. The third kappa shape index (κ3) is 2.78. The van der Waals surface area contributed by atoms with Crippen LogP contribution in [0, 0.1) is 13.8 Å². The lowest BCUT2D eigenvalue weighted by Crippen LogP contribution is -2.40. The molecule has 1 aliphatic heterocycles. The first-order valence-electron chi connectivity index (χ1n) is 7.75. The van der Waals surface area contributed by atoms with E-state index in [-0.39, 0.29) is 10.8 Å². The van der Waals surface area contributed by atoms with Crippen LogP contribution >= 0.6 is 0 Å². The highest BCUT2D eigenvalue weighted by molar-refractivity contribution is 7.89. The lowest BCUT2D eigenvalue weighted by atomic mass is 9.99. The molecule has 1 fully saturated rings. The Morgan fingerprint density at radius 3 is 2.83 bits per heavy atom. The Morgan fingerprint density at radius 1 is 1.39 bits per heavy atom. The van der Waals surface area contributed by atoms with Crippen LogP contribution in [0.3, 0.4) is 0 Å². The van der Waals surface area contributed by atoms with Gasteiger partial charge in [0.25, 0.3) is 0 Å². The van der Waals surface area contributed by atoms with E-state index in [9.17, 15) is 8.42 Å². The number of sulfonamides is 1.